The number of fused-ring (bicyclic) bond motifs is 3. The lowest BCUT2D eigenvalue weighted by molar-refractivity contribution is -0.274. The Bertz CT molecular complexity index is 1320. The second kappa shape index (κ2) is 9.83. The lowest BCUT2D eigenvalue weighted by atomic mass is 9.91. The highest BCUT2D eigenvalue weighted by atomic mass is 19.4. The predicted octanol–water partition coefficient (Wildman–Crippen LogP) is 4.75. The van der Waals surface area contributed by atoms with Gasteiger partial charge in [0.05, 0.1) is 12.3 Å². The number of halogens is 3. The second-order valence-electron chi connectivity index (χ2n) is 7.96. The Balaban J connectivity index is 1.83. The summed E-state index contributed by atoms with van der Waals surface area (Å²) in [4.78, 5) is 23.8. The number of benzene rings is 2. The molecule has 35 heavy (non-hydrogen) atoms. The Morgan fingerprint density at radius 1 is 1.11 bits per heavy atom. The van der Waals surface area contributed by atoms with E-state index in [1.165, 1.54) is 30.5 Å². The van der Waals surface area contributed by atoms with Crippen molar-refractivity contribution in [3.05, 3.63) is 70.0 Å². The highest BCUT2D eigenvalue weighted by molar-refractivity contribution is 5.88. The van der Waals surface area contributed by atoms with Gasteiger partial charge in [0.15, 0.2) is 5.43 Å². The van der Waals surface area contributed by atoms with Crippen molar-refractivity contribution in [3.8, 4) is 33.9 Å². The normalized spacial score (nSPS) is 12.6. The number of carbonyl (C=O) groups is 1. The minimum atomic E-state index is -4.84. The number of aromatic carboxylic acids is 1. The van der Waals surface area contributed by atoms with Crippen LogP contribution >= 0.6 is 0 Å². The number of methoxy groups -OCH3 is 1. The number of carboxylic acids is 1. The van der Waals surface area contributed by atoms with E-state index in [2.05, 4.69) is 4.74 Å². The van der Waals surface area contributed by atoms with E-state index in [-0.39, 0.29) is 11.3 Å². The molecule has 0 radical (unpaired) electrons. The van der Waals surface area contributed by atoms with Crippen molar-refractivity contribution in [2.75, 3.05) is 20.3 Å². The summed E-state index contributed by atoms with van der Waals surface area (Å²) in [7, 11) is 1.58. The monoisotopic (exact) mass is 489 g/mol. The van der Waals surface area contributed by atoms with Crippen LogP contribution in [0.4, 0.5) is 13.2 Å². The van der Waals surface area contributed by atoms with Gasteiger partial charge in [-0.1, -0.05) is 12.1 Å². The first-order valence-electron chi connectivity index (χ1n) is 10.8. The Morgan fingerprint density at radius 2 is 1.91 bits per heavy atom. The summed E-state index contributed by atoms with van der Waals surface area (Å²) in [6.45, 7) is 1.27. The first-order chi connectivity index (χ1) is 16.7. The average Bonchev–Trinajstić information content (AvgIpc) is 2.80. The minimum absolute atomic E-state index is 0.326. The molecule has 3 aromatic rings. The van der Waals surface area contributed by atoms with Gasteiger partial charge in [0, 0.05) is 50.1 Å². The number of aromatic nitrogens is 1. The van der Waals surface area contributed by atoms with Crippen molar-refractivity contribution in [1.29, 1.82) is 0 Å². The fourth-order valence-electron chi connectivity index (χ4n) is 4.05. The SMILES string of the molecule is COCCCOc1cc2c(cc1-c1cccc(OC(F)(F)F)c1)-c1cc(=O)c(C(=O)O)cn1CC2. The minimum Gasteiger partial charge on any atom is -0.493 e. The van der Waals surface area contributed by atoms with E-state index in [1.807, 2.05) is 6.07 Å². The number of nitrogens with zero attached hydrogens (tertiary/aromatic N) is 1. The topological polar surface area (TPSA) is 87.0 Å². The first-order valence-corrected chi connectivity index (χ1v) is 10.8. The molecule has 4 rings (SSSR count). The van der Waals surface area contributed by atoms with Crippen LogP contribution in [0.2, 0.25) is 0 Å². The molecule has 184 valence electrons. The number of pyridine rings is 1. The molecule has 0 atom stereocenters. The zero-order valence-corrected chi connectivity index (χ0v) is 18.7. The largest absolute Gasteiger partial charge is 0.573 e. The number of carboxylic acid groups (broad SMARTS) is 1. The predicted molar refractivity (Wildman–Crippen MR) is 121 cm³/mol. The van der Waals surface area contributed by atoms with Crippen molar-refractivity contribution in [2.45, 2.75) is 25.7 Å². The molecule has 1 aliphatic rings. The molecule has 7 nitrogen and oxygen atoms in total. The Morgan fingerprint density at radius 3 is 2.63 bits per heavy atom. The van der Waals surface area contributed by atoms with Gasteiger partial charge < -0.3 is 23.9 Å². The summed E-state index contributed by atoms with van der Waals surface area (Å²) in [5, 5.41) is 9.29. The summed E-state index contributed by atoms with van der Waals surface area (Å²) in [5.41, 5.74) is 2.06. The van der Waals surface area contributed by atoms with Gasteiger partial charge in [0.2, 0.25) is 0 Å². The van der Waals surface area contributed by atoms with Crippen LogP contribution in [-0.2, 0) is 17.7 Å². The molecule has 2 aromatic carbocycles. The van der Waals surface area contributed by atoms with Crippen LogP contribution in [0.25, 0.3) is 22.4 Å². The molecular formula is C25H22F3NO6. The van der Waals surface area contributed by atoms with Gasteiger partial charge in [-0.25, -0.2) is 4.79 Å². The molecule has 1 aliphatic heterocycles. The molecule has 0 amide bonds. The fraction of sp³-hybridized carbons (Fsp3) is 0.280. The van der Waals surface area contributed by atoms with Crippen molar-refractivity contribution in [3.63, 3.8) is 0 Å². The quantitative estimate of drug-likeness (QED) is 0.460. The molecule has 2 heterocycles. The maximum atomic E-state index is 12.8. The van der Waals surface area contributed by atoms with Crippen LogP contribution in [0, 0.1) is 0 Å². The van der Waals surface area contributed by atoms with E-state index < -0.39 is 17.8 Å². The van der Waals surface area contributed by atoms with Crippen molar-refractivity contribution < 1.29 is 37.3 Å². The molecule has 0 aliphatic carbocycles. The van der Waals surface area contributed by atoms with Crippen LogP contribution in [0.5, 0.6) is 11.5 Å². The van der Waals surface area contributed by atoms with Crippen molar-refractivity contribution in [2.24, 2.45) is 0 Å². The zero-order chi connectivity index (χ0) is 25.2. The highest BCUT2D eigenvalue weighted by Crippen LogP contribution is 2.40. The number of aryl methyl sites for hydroxylation is 2. The summed E-state index contributed by atoms with van der Waals surface area (Å²) in [5.74, 6) is -1.21. The van der Waals surface area contributed by atoms with Gasteiger partial charge in [0.1, 0.15) is 17.1 Å². The Hall–Kier alpha value is -3.79. The van der Waals surface area contributed by atoms with Gasteiger partial charge in [-0.15, -0.1) is 13.2 Å². The molecule has 10 heteroatoms. The molecule has 0 saturated carbocycles. The number of ether oxygens (including phenoxy) is 3. The third kappa shape index (κ3) is 5.48. The third-order valence-corrected chi connectivity index (χ3v) is 5.59. The lowest BCUT2D eigenvalue weighted by Gasteiger charge is -2.25. The standard InChI is InChI=1S/C25H22F3NO6/c1-33-8-3-9-34-23-11-16-6-7-29-14-20(24(31)32)22(30)13-21(29)18(16)12-19(23)15-4-2-5-17(10-15)35-25(26,27)28/h2,4-5,10-14H,3,6-9H2,1H3,(H,31,32). The van der Waals surface area contributed by atoms with Gasteiger partial charge in [0.25, 0.3) is 0 Å². The smallest absolute Gasteiger partial charge is 0.493 e. The first kappa shape index (κ1) is 24.3. The Labute approximate surface area is 198 Å². The maximum absolute atomic E-state index is 12.8. The summed E-state index contributed by atoms with van der Waals surface area (Å²) in [6, 6.07) is 10.4. The number of alkyl halides is 3. The molecule has 0 fully saturated rings. The summed E-state index contributed by atoms with van der Waals surface area (Å²) < 4.78 is 55.1. The lowest BCUT2D eigenvalue weighted by Crippen LogP contribution is -2.22. The van der Waals surface area contributed by atoms with Gasteiger partial charge >= 0.3 is 12.3 Å². The van der Waals surface area contributed by atoms with E-state index in [9.17, 15) is 27.9 Å². The van der Waals surface area contributed by atoms with Crippen molar-refractivity contribution in [1.82, 2.24) is 4.57 Å². The molecule has 0 spiro atoms. The van der Waals surface area contributed by atoms with Crippen LogP contribution in [0.1, 0.15) is 22.3 Å². The van der Waals surface area contributed by atoms with Crippen LogP contribution in [0.15, 0.2) is 53.5 Å². The van der Waals surface area contributed by atoms with E-state index in [4.69, 9.17) is 9.47 Å². The maximum Gasteiger partial charge on any atom is 0.573 e. The second-order valence-corrected chi connectivity index (χ2v) is 7.96. The highest BCUT2D eigenvalue weighted by Gasteiger charge is 2.31. The van der Waals surface area contributed by atoms with Crippen molar-refractivity contribution >= 4 is 5.97 Å². The Kier molecular flexibility index (Phi) is 6.83. The number of rotatable bonds is 8. The van der Waals surface area contributed by atoms with E-state index in [0.717, 1.165) is 5.56 Å². The molecule has 1 aromatic heterocycles. The van der Waals surface area contributed by atoms with Gasteiger partial charge in [-0.05, 0) is 41.8 Å². The van der Waals surface area contributed by atoms with E-state index >= 15 is 0 Å². The third-order valence-electron chi connectivity index (χ3n) is 5.59. The molecule has 0 saturated heterocycles. The molecule has 1 N–H and O–H groups in total. The summed E-state index contributed by atoms with van der Waals surface area (Å²) in [6.07, 6.45) is -2.36. The molecular weight excluding hydrogens is 467 g/mol. The van der Waals surface area contributed by atoms with E-state index in [0.29, 0.717) is 60.7 Å². The zero-order valence-electron chi connectivity index (χ0n) is 18.7. The van der Waals surface area contributed by atoms with Crippen LogP contribution in [0.3, 0.4) is 0 Å². The van der Waals surface area contributed by atoms with Crippen LogP contribution in [-0.4, -0.2) is 42.3 Å². The van der Waals surface area contributed by atoms with Crippen LogP contribution < -0.4 is 14.9 Å². The molecule has 0 bridgehead atoms. The van der Waals surface area contributed by atoms with Gasteiger partial charge in [-0.2, -0.15) is 0 Å². The van der Waals surface area contributed by atoms with Gasteiger partial charge in [-0.3, -0.25) is 4.79 Å². The van der Waals surface area contributed by atoms with E-state index in [1.54, 1.807) is 23.8 Å². The average molecular weight is 489 g/mol. The number of hydrogen-bond acceptors (Lipinski definition) is 5. The summed E-state index contributed by atoms with van der Waals surface area (Å²) >= 11 is 0. The number of hydrogen-bond donors (Lipinski definition) is 1. The molecule has 0 unspecified atom stereocenters. The fourth-order valence-corrected chi connectivity index (χ4v) is 4.05.